The summed E-state index contributed by atoms with van der Waals surface area (Å²) in [4.78, 5) is 16.4. The highest BCUT2D eigenvalue weighted by atomic mass is 35.5. The summed E-state index contributed by atoms with van der Waals surface area (Å²) >= 11 is 7.14. The molecule has 0 radical (unpaired) electrons. The molecular weight excluding hydrogens is 482 g/mol. The molecule has 0 saturated carbocycles. The van der Waals surface area contributed by atoms with Crippen LogP contribution in [-0.4, -0.2) is 28.5 Å². The van der Waals surface area contributed by atoms with E-state index in [9.17, 15) is 13.2 Å². The lowest BCUT2D eigenvalue weighted by Gasteiger charge is -2.09. The second-order valence-electron chi connectivity index (χ2n) is 6.86. The Kier molecular flexibility index (Phi) is 6.68. The topological polar surface area (TPSA) is 120 Å². The van der Waals surface area contributed by atoms with Gasteiger partial charge < -0.3 is 11.1 Å². The third kappa shape index (κ3) is 5.36. The molecule has 0 saturated heterocycles. The number of nitrogens with two attached hydrogens (primary N) is 1. The lowest BCUT2D eigenvalue weighted by Crippen LogP contribution is -2.18. The Balaban J connectivity index is 1.52. The molecule has 0 aliphatic rings. The van der Waals surface area contributed by atoms with Crippen molar-refractivity contribution in [1.82, 2.24) is 14.2 Å². The van der Waals surface area contributed by atoms with E-state index in [1.165, 1.54) is 30.0 Å². The number of thioether (sulfide) groups is 1. The number of hydrogen-bond donors (Lipinski definition) is 2. The van der Waals surface area contributed by atoms with E-state index in [1.54, 1.807) is 48.5 Å². The summed E-state index contributed by atoms with van der Waals surface area (Å²) in [6.45, 7) is 0. The predicted molar refractivity (Wildman–Crippen MR) is 129 cm³/mol. The summed E-state index contributed by atoms with van der Waals surface area (Å²) in [5.41, 5.74) is 7.61. The van der Waals surface area contributed by atoms with Crippen molar-refractivity contribution >= 4 is 50.9 Å². The van der Waals surface area contributed by atoms with Gasteiger partial charge in [-0.3, -0.25) is 4.79 Å². The number of nitrogens with one attached hydrogen (secondary N) is 1. The number of amides is 1. The van der Waals surface area contributed by atoms with Crippen molar-refractivity contribution in [2.75, 3.05) is 11.1 Å². The third-order valence-electron chi connectivity index (χ3n) is 4.52. The summed E-state index contributed by atoms with van der Waals surface area (Å²) < 4.78 is 27.0. The van der Waals surface area contributed by atoms with Crippen molar-refractivity contribution in [2.24, 2.45) is 0 Å². The maximum atomic E-state index is 13.1. The molecule has 4 rings (SSSR count). The number of benzene rings is 3. The molecule has 3 aromatic carbocycles. The summed E-state index contributed by atoms with van der Waals surface area (Å²) in [5.74, 6) is -0.0968. The molecule has 3 N–H and O–H groups in total. The predicted octanol–water partition coefficient (Wildman–Crippen LogP) is 4.30. The first-order valence-corrected chi connectivity index (χ1v) is 12.4. The highest BCUT2D eigenvalue weighted by Crippen LogP contribution is 2.25. The molecule has 33 heavy (non-hydrogen) atoms. The maximum Gasteiger partial charge on any atom is 0.286 e. The van der Waals surface area contributed by atoms with E-state index in [1.807, 2.05) is 12.1 Å². The van der Waals surface area contributed by atoms with Crippen molar-refractivity contribution in [3.63, 3.8) is 0 Å². The summed E-state index contributed by atoms with van der Waals surface area (Å²) in [5, 5.41) is 7.61. The molecule has 11 heteroatoms. The number of carbonyl (C=O) groups is 1. The van der Waals surface area contributed by atoms with E-state index in [4.69, 9.17) is 17.3 Å². The first-order valence-electron chi connectivity index (χ1n) is 9.65. The average molecular weight is 500 g/mol. The number of hydrogen-bond acceptors (Lipinski definition) is 7. The number of carbonyl (C=O) groups excluding carboxylic acids is 1. The van der Waals surface area contributed by atoms with E-state index in [2.05, 4.69) is 15.4 Å². The smallest absolute Gasteiger partial charge is 0.286 e. The lowest BCUT2D eigenvalue weighted by atomic mass is 10.2. The standard InChI is InChI=1S/C22H18ClN5O3S2/c23-17-11-9-15(10-12-17)14-32-22-26-21(24)28(27-22)33(30,31)19-8-4-7-18(13-19)25-20(29)16-5-2-1-3-6-16/h1-13H,14H2,(H,25,29)(H2,24,26,27). The molecule has 0 bridgehead atoms. The van der Waals surface area contributed by atoms with Gasteiger partial charge in [0.25, 0.3) is 15.9 Å². The Labute approximate surface area is 199 Å². The quantitative estimate of drug-likeness (QED) is 0.364. The van der Waals surface area contributed by atoms with Crippen LogP contribution in [0.25, 0.3) is 0 Å². The van der Waals surface area contributed by atoms with Gasteiger partial charge >= 0.3 is 0 Å². The number of nitrogens with zero attached hydrogens (tertiary/aromatic N) is 3. The molecule has 1 aromatic heterocycles. The Morgan fingerprint density at radius 1 is 1.03 bits per heavy atom. The van der Waals surface area contributed by atoms with E-state index >= 15 is 0 Å². The Bertz CT molecular complexity index is 1390. The molecule has 0 atom stereocenters. The zero-order valence-electron chi connectivity index (χ0n) is 17.1. The summed E-state index contributed by atoms with van der Waals surface area (Å²) in [7, 11) is -4.12. The largest absolute Gasteiger partial charge is 0.367 e. The molecule has 8 nitrogen and oxygen atoms in total. The van der Waals surface area contributed by atoms with Crippen molar-refractivity contribution in [1.29, 1.82) is 0 Å². The van der Waals surface area contributed by atoms with Crippen LogP contribution >= 0.6 is 23.4 Å². The Morgan fingerprint density at radius 2 is 1.76 bits per heavy atom. The third-order valence-corrected chi connectivity index (χ3v) is 7.25. The first kappa shape index (κ1) is 22.8. The number of rotatable bonds is 7. The van der Waals surface area contributed by atoms with Crippen LogP contribution in [0.15, 0.2) is 88.9 Å². The van der Waals surface area contributed by atoms with Gasteiger partial charge in [0.2, 0.25) is 11.1 Å². The van der Waals surface area contributed by atoms with E-state index < -0.39 is 10.0 Å². The first-order chi connectivity index (χ1) is 15.8. The fourth-order valence-electron chi connectivity index (χ4n) is 2.89. The van der Waals surface area contributed by atoms with Crippen LogP contribution < -0.4 is 11.1 Å². The van der Waals surface area contributed by atoms with Crippen molar-refractivity contribution in [3.05, 3.63) is 95.0 Å². The van der Waals surface area contributed by atoms with Gasteiger partial charge in [-0.15, -0.1) is 9.19 Å². The van der Waals surface area contributed by atoms with E-state index in [-0.39, 0.29) is 21.9 Å². The van der Waals surface area contributed by atoms with Gasteiger partial charge in [-0.1, -0.05) is 59.8 Å². The van der Waals surface area contributed by atoms with Gasteiger partial charge in [-0.05, 0) is 48.0 Å². The molecular formula is C22H18ClN5O3S2. The fraction of sp³-hybridized carbons (Fsp3) is 0.0455. The average Bonchev–Trinajstić information content (AvgIpc) is 3.21. The zero-order valence-corrected chi connectivity index (χ0v) is 19.4. The van der Waals surface area contributed by atoms with Gasteiger partial charge in [-0.2, -0.15) is 13.4 Å². The second-order valence-corrected chi connectivity index (χ2v) is 10.0. The Hall–Kier alpha value is -3.34. The number of nitrogen functional groups attached to an aromatic ring is 1. The molecule has 0 unspecified atom stereocenters. The molecule has 1 amide bonds. The zero-order chi connectivity index (χ0) is 23.4. The number of aromatic nitrogens is 3. The number of anilines is 2. The monoisotopic (exact) mass is 499 g/mol. The molecule has 0 aliphatic heterocycles. The minimum atomic E-state index is -4.12. The summed E-state index contributed by atoms with van der Waals surface area (Å²) in [6, 6.07) is 21.7. The van der Waals surface area contributed by atoms with Crippen LogP contribution in [-0.2, 0) is 15.8 Å². The van der Waals surface area contributed by atoms with Crippen LogP contribution in [0.3, 0.4) is 0 Å². The molecule has 1 heterocycles. The van der Waals surface area contributed by atoms with Crippen molar-refractivity contribution in [3.8, 4) is 0 Å². The van der Waals surface area contributed by atoms with Gasteiger partial charge in [0.15, 0.2) is 0 Å². The lowest BCUT2D eigenvalue weighted by molar-refractivity contribution is 0.102. The van der Waals surface area contributed by atoms with Gasteiger partial charge in [-0.25, -0.2) is 0 Å². The van der Waals surface area contributed by atoms with Crippen molar-refractivity contribution in [2.45, 2.75) is 15.8 Å². The van der Waals surface area contributed by atoms with E-state index in [0.717, 1.165) is 5.56 Å². The van der Waals surface area contributed by atoms with Gasteiger partial charge in [0, 0.05) is 22.0 Å². The minimum Gasteiger partial charge on any atom is -0.367 e. The minimum absolute atomic E-state index is 0.0841. The van der Waals surface area contributed by atoms with Gasteiger partial charge in [0.1, 0.15) is 0 Å². The molecule has 0 fully saturated rings. The fourth-order valence-corrected chi connectivity index (χ4v) is 5.05. The SMILES string of the molecule is Nc1nc(SCc2ccc(Cl)cc2)nn1S(=O)(=O)c1cccc(NC(=O)c2ccccc2)c1. The number of halogens is 1. The van der Waals surface area contributed by atoms with Crippen LogP contribution in [0.5, 0.6) is 0 Å². The molecule has 0 aliphatic carbocycles. The van der Waals surface area contributed by atoms with Crippen LogP contribution in [0.2, 0.25) is 5.02 Å². The molecule has 4 aromatic rings. The highest BCUT2D eigenvalue weighted by molar-refractivity contribution is 7.98. The maximum absolute atomic E-state index is 13.1. The normalized spacial score (nSPS) is 11.3. The highest BCUT2D eigenvalue weighted by Gasteiger charge is 2.23. The molecule has 168 valence electrons. The van der Waals surface area contributed by atoms with Crippen LogP contribution in [0.4, 0.5) is 11.6 Å². The Morgan fingerprint density at radius 3 is 2.48 bits per heavy atom. The van der Waals surface area contributed by atoms with Gasteiger partial charge in [0.05, 0.1) is 4.90 Å². The summed E-state index contributed by atoms with van der Waals surface area (Å²) in [6.07, 6.45) is 0. The second kappa shape index (κ2) is 9.65. The van der Waals surface area contributed by atoms with Crippen molar-refractivity contribution < 1.29 is 13.2 Å². The van der Waals surface area contributed by atoms with Crippen LogP contribution in [0, 0.1) is 0 Å². The van der Waals surface area contributed by atoms with E-state index in [0.29, 0.717) is 26.1 Å². The van der Waals surface area contributed by atoms with Crippen LogP contribution in [0.1, 0.15) is 15.9 Å². The molecule has 0 spiro atoms.